The summed E-state index contributed by atoms with van der Waals surface area (Å²) in [6.07, 6.45) is -0.363. The number of carbonyl (C=O) groups excluding carboxylic acids is 1. The van der Waals surface area contributed by atoms with Crippen molar-refractivity contribution >= 4 is 5.91 Å². The van der Waals surface area contributed by atoms with Gasteiger partial charge in [0.2, 0.25) is 0 Å². The molecule has 110 valence electrons. The molecule has 1 aliphatic heterocycles. The Morgan fingerprint density at radius 3 is 2.70 bits per heavy atom. The Bertz CT molecular complexity index is 446. The van der Waals surface area contributed by atoms with E-state index in [2.05, 4.69) is 0 Å². The van der Waals surface area contributed by atoms with Gasteiger partial charge in [0.05, 0.1) is 25.4 Å². The van der Waals surface area contributed by atoms with Gasteiger partial charge < -0.3 is 19.5 Å². The first-order valence-electron chi connectivity index (χ1n) is 6.92. The minimum atomic E-state index is -0.301. The topological polar surface area (TPSA) is 59.0 Å². The maximum absolute atomic E-state index is 12.4. The third kappa shape index (κ3) is 3.49. The van der Waals surface area contributed by atoms with Gasteiger partial charge in [-0.05, 0) is 38.1 Å². The lowest BCUT2D eigenvalue weighted by atomic mass is 10.1. The summed E-state index contributed by atoms with van der Waals surface area (Å²) >= 11 is 0. The Morgan fingerprint density at radius 2 is 2.10 bits per heavy atom. The Labute approximate surface area is 119 Å². The van der Waals surface area contributed by atoms with Crippen LogP contribution in [0.25, 0.3) is 0 Å². The Balaban J connectivity index is 2.06. The first kappa shape index (κ1) is 14.8. The second kappa shape index (κ2) is 6.72. The van der Waals surface area contributed by atoms with E-state index in [0.717, 1.165) is 5.75 Å². The fraction of sp³-hybridized carbons (Fsp3) is 0.533. The van der Waals surface area contributed by atoms with Gasteiger partial charge in [0, 0.05) is 18.7 Å². The molecule has 1 aromatic rings. The van der Waals surface area contributed by atoms with E-state index in [1.54, 1.807) is 29.2 Å². The lowest BCUT2D eigenvalue weighted by Crippen LogP contribution is -2.50. The van der Waals surface area contributed by atoms with Crippen molar-refractivity contribution in [3.05, 3.63) is 29.8 Å². The second-order valence-electron chi connectivity index (χ2n) is 4.92. The SMILES string of the molecule is CCOc1ccc(C(=O)N2C[C@H](CO)O[C@H](C)C2)cc1. The predicted octanol–water partition coefficient (Wildman–Crippen LogP) is 1.31. The molecule has 0 aliphatic carbocycles. The fourth-order valence-electron chi connectivity index (χ4n) is 2.35. The molecule has 0 radical (unpaired) electrons. The molecule has 0 aromatic heterocycles. The fourth-order valence-corrected chi connectivity index (χ4v) is 2.35. The molecule has 1 aromatic carbocycles. The molecular formula is C15H21NO4. The molecule has 2 rings (SSSR count). The number of carbonyl (C=O) groups is 1. The summed E-state index contributed by atoms with van der Waals surface area (Å²) in [5.74, 6) is 0.717. The Morgan fingerprint density at radius 1 is 1.40 bits per heavy atom. The van der Waals surface area contributed by atoms with Crippen LogP contribution in [-0.2, 0) is 4.74 Å². The zero-order chi connectivity index (χ0) is 14.5. The summed E-state index contributed by atoms with van der Waals surface area (Å²) in [4.78, 5) is 14.2. The first-order valence-corrected chi connectivity index (χ1v) is 6.92. The summed E-state index contributed by atoms with van der Waals surface area (Å²) < 4.78 is 10.9. The van der Waals surface area contributed by atoms with E-state index in [0.29, 0.717) is 25.3 Å². The summed E-state index contributed by atoms with van der Waals surface area (Å²) in [5, 5.41) is 9.19. The number of amides is 1. The molecule has 1 fully saturated rings. The van der Waals surface area contributed by atoms with Crippen LogP contribution in [0.4, 0.5) is 0 Å². The molecule has 0 spiro atoms. The highest BCUT2D eigenvalue weighted by atomic mass is 16.5. The van der Waals surface area contributed by atoms with Gasteiger partial charge in [-0.2, -0.15) is 0 Å². The van der Waals surface area contributed by atoms with Crippen LogP contribution in [-0.4, -0.2) is 54.4 Å². The van der Waals surface area contributed by atoms with Crippen LogP contribution >= 0.6 is 0 Å². The maximum atomic E-state index is 12.4. The number of hydrogen-bond donors (Lipinski definition) is 1. The molecule has 1 N–H and O–H groups in total. The molecule has 1 aliphatic rings. The highest BCUT2D eigenvalue weighted by molar-refractivity contribution is 5.94. The quantitative estimate of drug-likeness (QED) is 0.902. The van der Waals surface area contributed by atoms with E-state index >= 15 is 0 Å². The van der Waals surface area contributed by atoms with Crippen LogP contribution in [0.15, 0.2) is 24.3 Å². The molecule has 1 amide bonds. The van der Waals surface area contributed by atoms with Crippen molar-refractivity contribution in [3.8, 4) is 5.75 Å². The number of morpholine rings is 1. The largest absolute Gasteiger partial charge is 0.494 e. The monoisotopic (exact) mass is 279 g/mol. The zero-order valence-electron chi connectivity index (χ0n) is 11.9. The zero-order valence-corrected chi connectivity index (χ0v) is 11.9. The van der Waals surface area contributed by atoms with Crippen molar-refractivity contribution in [1.29, 1.82) is 0 Å². The summed E-state index contributed by atoms with van der Waals surface area (Å²) in [7, 11) is 0. The van der Waals surface area contributed by atoms with Gasteiger partial charge in [0.25, 0.3) is 5.91 Å². The summed E-state index contributed by atoms with van der Waals surface area (Å²) in [5.41, 5.74) is 0.624. The van der Waals surface area contributed by atoms with Crippen LogP contribution in [0.5, 0.6) is 5.75 Å². The molecule has 5 heteroatoms. The lowest BCUT2D eigenvalue weighted by molar-refractivity contribution is -0.0858. The number of ether oxygens (including phenoxy) is 2. The van der Waals surface area contributed by atoms with Gasteiger partial charge in [-0.3, -0.25) is 4.79 Å². The molecule has 1 saturated heterocycles. The minimum Gasteiger partial charge on any atom is -0.494 e. The third-order valence-electron chi connectivity index (χ3n) is 3.23. The molecule has 2 atom stereocenters. The van der Waals surface area contributed by atoms with E-state index in [-0.39, 0.29) is 24.7 Å². The number of hydrogen-bond acceptors (Lipinski definition) is 4. The van der Waals surface area contributed by atoms with Gasteiger partial charge >= 0.3 is 0 Å². The normalized spacial score (nSPS) is 22.6. The molecule has 0 saturated carbocycles. The minimum absolute atomic E-state index is 0.0401. The van der Waals surface area contributed by atoms with Gasteiger partial charge in [-0.25, -0.2) is 0 Å². The maximum Gasteiger partial charge on any atom is 0.254 e. The molecule has 0 bridgehead atoms. The van der Waals surface area contributed by atoms with Crippen molar-refractivity contribution < 1.29 is 19.4 Å². The van der Waals surface area contributed by atoms with Crippen LogP contribution in [0.2, 0.25) is 0 Å². The van der Waals surface area contributed by atoms with Crippen molar-refractivity contribution in [1.82, 2.24) is 4.90 Å². The van der Waals surface area contributed by atoms with Crippen molar-refractivity contribution in [2.24, 2.45) is 0 Å². The van der Waals surface area contributed by atoms with E-state index in [1.165, 1.54) is 0 Å². The number of benzene rings is 1. The van der Waals surface area contributed by atoms with Gasteiger partial charge in [-0.15, -0.1) is 0 Å². The molecule has 20 heavy (non-hydrogen) atoms. The predicted molar refractivity (Wildman–Crippen MR) is 74.9 cm³/mol. The van der Waals surface area contributed by atoms with E-state index in [1.807, 2.05) is 13.8 Å². The van der Waals surface area contributed by atoms with Crippen molar-refractivity contribution in [2.45, 2.75) is 26.1 Å². The van der Waals surface area contributed by atoms with Crippen molar-refractivity contribution in [2.75, 3.05) is 26.3 Å². The highest BCUT2D eigenvalue weighted by Crippen LogP contribution is 2.17. The Hall–Kier alpha value is -1.59. The lowest BCUT2D eigenvalue weighted by Gasteiger charge is -2.36. The highest BCUT2D eigenvalue weighted by Gasteiger charge is 2.28. The number of aliphatic hydroxyl groups excluding tert-OH is 1. The number of aliphatic hydroxyl groups is 1. The van der Waals surface area contributed by atoms with Crippen molar-refractivity contribution in [3.63, 3.8) is 0 Å². The second-order valence-corrected chi connectivity index (χ2v) is 4.92. The average Bonchev–Trinajstić information content (AvgIpc) is 2.47. The standard InChI is InChI=1S/C15H21NO4/c1-3-19-13-6-4-12(5-7-13)15(18)16-8-11(2)20-14(9-16)10-17/h4-7,11,14,17H,3,8-10H2,1-2H3/t11-,14-/m1/s1. The van der Waals surface area contributed by atoms with Gasteiger partial charge in [0.1, 0.15) is 5.75 Å². The molecular weight excluding hydrogens is 258 g/mol. The van der Waals surface area contributed by atoms with Crippen LogP contribution < -0.4 is 4.74 Å². The molecule has 5 nitrogen and oxygen atoms in total. The van der Waals surface area contributed by atoms with Gasteiger partial charge in [0.15, 0.2) is 0 Å². The smallest absolute Gasteiger partial charge is 0.254 e. The van der Waals surface area contributed by atoms with E-state index < -0.39 is 0 Å². The van der Waals surface area contributed by atoms with Crippen LogP contribution in [0.3, 0.4) is 0 Å². The summed E-state index contributed by atoms with van der Waals surface area (Å²) in [6.45, 7) is 5.32. The van der Waals surface area contributed by atoms with Crippen LogP contribution in [0, 0.1) is 0 Å². The molecule has 0 unspecified atom stereocenters. The summed E-state index contributed by atoms with van der Waals surface area (Å²) in [6, 6.07) is 7.12. The van der Waals surface area contributed by atoms with E-state index in [9.17, 15) is 9.90 Å². The first-order chi connectivity index (χ1) is 9.63. The Kier molecular flexibility index (Phi) is 4.98. The van der Waals surface area contributed by atoms with Crippen LogP contribution in [0.1, 0.15) is 24.2 Å². The number of rotatable bonds is 4. The molecule has 1 heterocycles. The number of nitrogens with zero attached hydrogens (tertiary/aromatic N) is 1. The third-order valence-corrected chi connectivity index (χ3v) is 3.23. The van der Waals surface area contributed by atoms with Gasteiger partial charge in [-0.1, -0.05) is 0 Å². The van der Waals surface area contributed by atoms with E-state index in [4.69, 9.17) is 9.47 Å². The average molecular weight is 279 g/mol.